The zero-order chi connectivity index (χ0) is 28.3. The summed E-state index contributed by atoms with van der Waals surface area (Å²) in [5, 5.41) is 12.4. The number of carboxylic acids is 1. The zero-order valence-electron chi connectivity index (χ0n) is 23.9. The van der Waals surface area contributed by atoms with E-state index in [0.29, 0.717) is 23.8 Å². The molecule has 2 atom stereocenters. The van der Waals surface area contributed by atoms with E-state index in [2.05, 4.69) is 16.3 Å². The number of carbonyl (C=O) groups excluding carboxylic acids is 1. The predicted octanol–water partition coefficient (Wildman–Crippen LogP) is 6.11. The molecule has 0 aromatic heterocycles. The first-order chi connectivity index (χ1) is 19.5. The Kier molecular flexibility index (Phi) is 12.3. The summed E-state index contributed by atoms with van der Waals surface area (Å²) in [4.78, 5) is 27.8. The Balaban J connectivity index is 1.51. The fourth-order valence-electron chi connectivity index (χ4n) is 5.72. The topological polar surface area (TPSA) is 78.9 Å². The number of aryl methyl sites for hydroxylation is 1. The van der Waals surface area contributed by atoms with E-state index in [1.54, 1.807) is 11.8 Å². The van der Waals surface area contributed by atoms with E-state index in [9.17, 15) is 14.7 Å². The molecule has 6 nitrogen and oxygen atoms in total. The third kappa shape index (κ3) is 8.75. The minimum atomic E-state index is -1.00. The predicted molar refractivity (Wildman–Crippen MR) is 167 cm³/mol. The molecule has 1 saturated carbocycles. The number of amides is 1. The second-order valence-corrected chi connectivity index (χ2v) is 13.2. The van der Waals surface area contributed by atoms with Gasteiger partial charge in [-0.2, -0.15) is 23.5 Å². The van der Waals surface area contributed by atoms with Crippen LogP contribution in [0, 0.1) is 12.8 Å². The van der Waals surface area contributed by atoms with Crippen LogP contribution in [0.25, 0.3) is 11.1 Å². The van der Waals surface area contributed by atoms with E-state index in [1.165, 1.54) is 32.1 Å². The van der Waals surface area contributed by atoms with Crippen LogP contribution in [0.2, 0.25) is 0 Å². The Hall–Kier alpha value is -2.00. The Morgan fingerprint density at radius 1 is 1.12 bits per heavy atom. The molecule has 40 heavy (non-hydrogen) atoms. The van der Waals surface area contributed by atoms with Gasteiger partial charge in [0, 0.05) is 42.8 Å². The van der Waals surface area contributed by atoms with E-state index in [-0.39, 0.29) is 5.91 Å². The molecule has 0 radical (unpaired) electrons. The van der Waals surface area contributed by atoms with Crippen LogP contribution in [0.15, 0.2) is 42.5 Å². The minimum Gasteiger partial charge on any atom is -0.480 e. The third-order valence-corrected chi connectivity index (χ3v) is 9.84. The first kappa shape index (κ1) is 30.9. The van der Waals surface area contributed by atoms with Crippen molar-refractivity contribution in [3.63, 3.8) is 0 Å². The highest BCUT2D eigenvalue weighted by Crippen LogP contribution is 2.30. The average Bonchev–Trinajstić information content (AvgIpc) is 2.96. The summed E-state index contributed by atoms with van der Waals surface area (Å²) in [7, 11) is 0. The third-order valence-electron chi connectivity index (χ3n) is 8.10. The zero-order valence-corrected chi connectivity index (χ0v) is 25.5. The Morgan fingerprint density at radius 2 is 1.93 bits per heavy atom. The largest absolute Gasteiger partial charge is 0.480 e. The normalized spacial score (nSPS) is 19.3. The second kappa shape index (κ2) is 15.9. The fourth-order valence-corrected chi connectivity index (χ4v) is 7.31. The van der Waals surface area contributed by atoms with Crippen LogP contribution in [-0.4, -0.2) is 77.2 Å². The second-order valence-electron chi connectivity index (χ2n) is 11.1. The molecule has 2 unspecified atom stereocenters. The molecule has 1 heterocycles. The van der Waals surface area contributed by atoms with Crippen LogP contribution in [0.4, 0.5) is 0 Å². The maximum Gasteiger partial charge on any atom is 0.326 e. The van der Waals surface area contributed by atoms with E-state index < -0.39 is 12.0 Å². The standard InChI is InChI=1S/C32H44N2O4S2/c1-23-8-6-7-11-27(23)29-18-25(12-13-28(29)31(35)33-30(32(36)37)14-16-39-2)19-34-15-17-40-22-26(34)21-38-20-24-9-4-3-5-10-24/h6-8,11-13,18,24,26,30H,3-5,9-10,14-17,19-22H2,1-2H3,(H,33,35)(H,36,37). The lowest BCUT2D eigenvalue weighted by atomic mass is 9.90. The number of hydrogen-bond donors (Lipinski definition) is 2. The number of aliphatic carboxylic acids is 1. The number of ether oxygens (including phenoxy) is 1. The monoisotopic (exact) mass is 584 g/mol. The Bertz CT molecular complexity index is 1120. The molecule has 218 valence electrons. The molecule has 0 spiro atoms. The number of carbonyl (C=O) groups is 2. The van der Waals surface area contributed by atoms with Crippen LogP contribution in [0.1, 0.15) is 60.0 Å². The summed E-state index contributed by atoms with van der Waals surface area (Å²) in [5.74, 6) is 2.22. The first-order valence-electron chi connectivity index (χ1n) is 14.6. The van der Waals surface area contributed by atoms with Gasteiger partial charge in [-0.1, -0.05) is 49.6 Å². The number of nitrogens with zero attached hydrogens (tertiary/aromatic N) is 1. The van der Waals surface area contributed by atoms with Gasteiger partial charge in [0.15, 0.2) is 0 Å². The van der Waals surface area contributed by atoms with Crippen LogP contribution >= 0.6 is 23.5 Å². The summed E-state index contributed by atoms with van der Waals surface area (Å²) in [6.45, 7) is 5.50. The van der Waals surface area contributed by atoms with Gasteiger partial charge >= 0.3 is 5.97 Å². The molecular weight excluding hydrogens is 540 g/mol. The van der Waals surface area contributed by atoms with Gasteiger partial charge in [0.05, 0.1) is 6.61 Å². The summed E-state index contributed by atoms with van der Waals surface area (Å²) in [6, 6.07) is 13.5. The molecule has 0 bridgehead atoms. The van der Waals surface area contributed by atoms with Gasteiger partial charge in [-0.3, -0.25) is 9.69 Å². The van der Waals surface area contributed by atoms with Crippen LogP contribution in [-0.2, 0) is 16.1 Å². The smallest absolute Gasteiger partial charge is 0.326 e. The molecular formula is C32H44N2O4S2. The summed E-state index contributed by atoms with van der Waals surface area (Å²) < 4.78 is 6.27. The lowest BCUT2D eigenvalue weighted by Crippen LogP contribution is -2.44. The minimum absolute atomic E-state index is 0.346. The Labute approximate surface area is 248 Å². The lowest BCUT2D eigenvalue weighted by Gasteiger charge is -2.35. The number of hydrogen-bond acceptors (Lipinski definition) is 6. The molecule has 2 aromatic rings. The van der Waals surface area contributed by atoms with Gasteiger partial charge < -0.3 is 15.2 Å². The van der Waals surface area contributed by atoms with E-state index >= 15 is 0 Å². The number of carboxylic acid groups (broad SMARTS) is 1. The summed E-state index contributed by atoms with van der Waals surface area (Å²) in [5.41, 5.74) is 4.58. The number of thioether (sulfide) groups is 2. The molecule has 4 rings (SSSR count). The maximum absolute atomic E-state index is 13.4. The molecule has 2 fully saturated rings. The van der Waals surface area contributed by atoms with Gasteiger partial charge in [0.1, 0.15) is 6.04 Å². The van der Waals surface area contributed by atoms with Gasteiger partial charge in [-0.05, 0) is 78.5 Å². The van der Waals surface area contributed by atoms with Crippen molar-refractivity contribution in [3.05, 3.63) is 59.2 Å². The number of benzene rings is 2. The fraction of sp³-hybridized carbons (Fsp3) is 0.562. The van der Waals surface area contributed by atoms with Crippen molar-refractivity contribution in [2.75, 3.05) is 43.3 Å². The van der Waals surface area contributed by atoms with Crippen LogP contribution in [0.3, 0.4) is 0 Å². The highest BCUT2D eigenvalue weighted by atomic mass is 32.2. The molecule has 1 saturated heterocycles. The molecule has 2 aliphatic rings. The van der Waals surface area contributed by atoms with Gasteiger partial charge in [-0.25, -0.2) is 4.79 Å². The van der Waals surface area contributed by atoms with Crippen molar-refractivity contribution in [1.29, 1.82) is 0 Å². The molecule has 1 amide bonds. The van der Waals surface area contributed by atoms with Crippen molar-refractivity contribution in [2.24, 2.45) is 5.92 Å². The molecule has 8 heteroatoms. The number of rotatable bonds is 13. The Morgan fingerprint density at radius 3 is 2.67 bits per heavy atom. The van der Waals surface area contributed by atoms with Gasteiger partial charge in [0.2, 0.25) is 0 Å². The van der Waals surface area contributed by atoms with E-state index in [1.807, 2.05) is 61.3 Å². The maximum atomic E-state index is 13.4. The van der Waals surface area contributed by atoms with Crippen LogP contribution in [0.5, 0.6) is 0 Å². The van der Waals surface area contributed by atoms with Crippen molar-refractivity contribution >= 4 is 35.4 Å². The SMILES string of the molecule is CSCCC(NC(=O)c1ccc(CN2CCSCC2COCC2CCCCC2)cc1-c1ccccc1C)C(=O)O. The van der Waals surface area contributed by atoms with Gasteiger partial charge in [0.25, 0.3) is 5.91 Å². The summed E-state index contributed by atoms with van der Waals surface area (Å²) in [6.07, 6.45) is 8.97. The average molecular weight is 585 g/mol. The van der Waals surface area contributed by atoms with E-state index in [0.717, 1.165) is 66.0 Å². The molecule has 1 aliphatic heterocycles. The summed E-state index contributed by atoms with van der Waals surface area (Å²) >= 11 is 3.57. The van der Waals surface area contributed by atoms with Crippen molar-refractivity contribution in [1.82, 2.24) is 10.2 Å². The van der Waals surface area contributed by atoms with Crippen molar-refractivity contribution in [3.8, 4) is 11.1 Å². The number of nitrogens with one attached hydrogen (secondary N) is 1. The highest BCUT2D eigenvalue weighted by Gasteiger charge is 2.26. The molecule has 2 N–H and O–H groups in total. The van der Waals surface area contributed by atoms with Crippen molar-refractivity contribution in [2.45, 2.75) is 64.1 Å². The highest BCUT2D eigenvalue weighted by molar-refractivity contribution is 7.99. The quantitative estimate of drug-likeness (QED) is 0.294. The molecule has 2 aromatic carbocycles. The van der Waals surface area contributed by atoms with Crippen molar-refractivity contribution < 1.29 is 19.4 Å². The van der Waals surface area contributed by atoms with Crippen LogP contribution < -0.4 is 5.32 Å². The first-order valence-corrected chi connectivity index (χ1v) is 17.1. The molecule has 1 aliphatic carbocycles. The lowest BCUT2D eigenvalue weighted by molar-refractivity contribution is -0.139. The van der Waals surface area contributed by atoms with Gasteiger partial charge in [-0.15, -0.1) is 0 Å². The van der Waals surface area contributed by atoms with E-state index in [4.69, 9.17) is 4.74 Å².